The Morgan fingerprint density at radius 1 is 0.545 bits per heavy atom. The van der Waals surface area contributed by atoms with Gasteiger partial charge in [-0.15, -0.1) is 10.2 Å². The van der Waals surface area contributed by atoms with Crippen LogP contribution in [0.5, 0.6) is 0 Å². The largest absolute Gasteiger partial charge is 0.465 e. The number of fused-ring (bicyclic) bond motifs is 8. The van der Waals surface area contributed by atoms with Gasteiger partial charge in [0.05, 0.1) is 49.8 Å². The van der Waals surface area contributed by atoms with E-state index in [2.05, 4.69) is 22.6 Å². The van der Waals surface area contributed by atoms with Crippen LogP contribution >= 0.6 is 0 Å². The quantitative estimate of drug-likeness (QED) is 0.236. The van der Waals surface area contributed by atoms with E-state index in [1.165, 1.54) is 14.2 Å². The second-order valence-electron chi connectivity index (χ2n) is 10.4. The summed E-state index contributed by atoms with van der Waals surface area (Å²) in [6, 6.07) is 30.7. The van der Waals surface area contributed by atoms with Crippen molar-refractivity contribution in [1.82, 2.24) is 30.0 Å². The highest BCUT2D eigenvalue weighted by Crippen LogP contribution is 2.46. The van der Waals surface area contributed by atoms with Gasteiger partial charge in [-0.3, -0.25) is 0 Å². The van der Waals surface area contributed by atoms with Crippen LogP contribution < -0.4 is 0 Å². The molecule has 0 fully saturated rings. The number of aromatic nitrogens is 6. The van der Waals surface area contributed by atoms with Crippen LogP contribution in [-0.2, 0) is 22.6 Å². The number of benzene rings is 4. The summed E-state index contributed by atoms with van der Waals surface area (Å²) in [5, 5.41) is 18.6. The van der Waals surface area contributed by atoms with Gasteiger partial charge in [0, 0.05) is 22.3 Å². The highest BCUT2D eigenvalue weighted by molar-refractivity contribution is 5.99. The predicted molar refractivity (Wildman–Crippen MR) is 163 cm³/mol. The summed E-state index contributed by atoms with van der Waals surface area (Å²) in [6.45, 7) is 0.892. The van der Waals surface area contributed by atoms with Crippen molar-refractivity contribution in [2.75, 3.05) is 14.2 Å². The normalized spacial score (nSPS) is 11.3. The summed E-state index contributed by atoms with van der Waals surface area (Å²) >= 11 is 0. The van der Waals surface area contributed by atoms with Gasteiger partial charge in [-0.2, -0.15) is 0 Å². The molecule has 7 rings (SSSR count). The number of rotatable bonds is 6. The predicted octanol–water partition coefficient (Wildman–Crippen LogP) is 5.52. The molecule has 0 saturated carbocycles. The van der Waals surface area contributed by atoms with Gasteiger partial charge in [0.2, 0.25) is 0 Å². The maximum Gasteiger partial charge on any atom is 0.337 e. The van der Waals surface area contributed by atoms with E-state index in [0.717, 1.165) is 56.2 Å². The molecule has 0 atom stereocenters. The summed E-state index contributed by atoms with van der Waals surface area (Å²) in [5.41, 5.74) is 9.82. The summed E-state index contributed by atoms with van der Waals surface area (Å²) in [6.07, 6.45) is 0. The lowest BCUT2D eigenvalue weighted by Crippen LogP contribution is -2.08. The number of nitrogens with zero attached hydrogens (tertiary/aromatic N) is 6. The molecule has 10 heteroatoms. The van der Waals surface area contributed by atoms with E-state index in [9.17, 15) is 9.59 Å². The van der Waals surface area contributed by atoms with E-state index in [4.69, 9.17) is 19.7 Å². The molecule has 0 radical (unpaired) electrons. The topological polar surface area (TPSA) is 114 Å². The molecule has 6 aromatic rings. The summed E-state index contributed by atoms with van der Waals surface area (Å²) in [7, 11) is 2.74. The lowest BCUT2D eigenvalue weighted by molar-refractivity contribution is 0.0592. The Morgan fingerprint density at radius 2 is 0.909 bits per heavy atom. The van der Waals surface area contributed by atoms with Crippen molar-refractivity contribution in [2.24, 2.45) is 0 Å². The van der Waals surface area contributed by atoms with Crippen molar-refractivity contribution in [1.29, 1.82) is 0 Å². The molecule has 2 aromatic heterocycles. The molecule has 0 N–H and O–H groups in total. The van der Waals surface area contributed by atoms with E-state index in [1.54, 1.807) is 24.3 Å². The number of hydrogen-bond donors (Lipinski definition) is 0. The summed E-state index contributed by atoms with van der Waals surface area (Å²) in [5.74, 6) is -0.759. The zero-order chi connectivity index (χ0) is 30.2. The Hall–Kier alpha value is -5.90. The molecule has 44 heavy (non-hydrogen) atoms. The Morgan fingerprint density at radius 3 is 1.27 bits per heavy atom. The third-order valence-corrected chi connectivity index (χ3v) is 7.76. The van der Waals surface area contributed by atoms with Crippen LogP contribution in [0.4, 0.5) is 0 Å². The minimum atomic E-state index is -0.380. The van der Waals surface area contributed by atoms with Crippen LogP contribution in [0.2, 0.25) is 0 Å². The number of hydrogen-bond acceptors (Lipinski definition) is 8. The fraction of sp³-hybridized carbons (Fsp3) is 0.118. The van der Waals surface area contributed by atoms with Gasteiger partial charge in [-0.05, 0) is 35.4 Å². The van der Waals surface area contributed by atoms with Gasteiger partial charge in [0.15, 0.2) is 0 Å². The van der Waals surface area contributed by atoms with Crippen molar-refractivity contribution in [2.45, 2.75) is 13.1 Å². The molecule has 1 aliphatic carbocycles. The molecule has 216 valence electrons. The molecule has 1 aliphatic rings. The lowest BCUT2D eigenvalue weighted by atomic mass is 9.89. The summed E-state index contributed by atoms with van der Waals surface area (Å²) in [4.78, 5) is 23.9. The van der Waals surface area contributed by atoms with E-state index < -0.39 is 0 Å². The number of ether oxygens (including phenoxy) is 2. The van der Waals surface area contributed by atoms with Crippen LogP contribution in [0, 0.1) is 0 Å². The van der Waals surface area contributed by atoms with E-state index in [-0.39, 0.29) is 11.9 Å². The molecule has 10 nitrogen and oxygen atoms in total. The maximum absolute atomic E-state index is 11.9. The fourth-order valence-electron chi connectivity index (χ4n) is 5.61. The summed E-state index contributed by atoms with van der Waals surface area (Å²) < 4.78 is 13.4. The number of carbonyl (C=O) groups is 2. The van der Waals surface area contributed by atoms with Crippen LogP contribution in [0.3, 0.4) is 0 Å². The van der Waals surface area contributed by atoms with Gasteiger partial charge < -0.3 is 9.47 Å². The third-order valence-electron chi connectivity index (χ3n) is 7.76. The average Bonchev–Trinajstić information content (AvgIpc) is 3.67. The molecule has 4 aromatic carbocycles. The molecule has 0 spiro atoms. The minimum absolute atomic E-state index is 0.380. The van der Waals surface area contributed by atoms with Gasteiger partial charge in [-0.1, -0.05) is 83.2 Å². The highest BCUT2D eigenvalue weighted by atomic mass is 16.5. The minimum Gasteiger partial charge on any atom is -0.465 e. The SMILES string of the molecule is COC(=O)c1ccc(Cn2nnc3c2-c2ccccc2-c2nnn(Cc4ccc(C(=O)OC)cc4)c2-c2ccccc2-3)cc1. The first-order chi connectivity index (χ1) is 21.6. The van der Waals surface area contributed by atoms with Crippen LogP contribution in [-0.4, -0.2) is 56.1 Å². The van der Waals surface area contributed by atoms with Gasteiger partial charge >= 0.3 is 11.9 Å². The molecule has 0 amide bonds. The first kappa shape index (κ1) is 27.0. The Bertz CT molecular complexity index is 1880. The molecular weight excluding hydrogens is 556 g/mol. The Balaban J connectivity index is 1.34. The maximum atomic E-state index is 11.9. The van der Waals surface area contributed by atoms with E-state index in [1.807, 2.05) is 70.0 Å². The van der Waals surface area contributed by atoms with Crippen LogP contribution in [0.25, 0.3) is 45.0 Å². The van der Waals surface area contributed by atoms with E-state index >= 15 is 0 Å². The second-order valence-corrected chi connectivity index (χ2v) is 10.4. The third kappa shape index (κ3) is 4.62. The Kier molecular flexibility index (Phi) is 6.78. The number of esters is 2. The Labute approximate surface area is 252 Å². The number of methoxy groups -OCH3 is 2. The van der Waals surface area contributed by atoms with Crippen molar-refractivity contribution in [3.05, 3.63) is 119 Å². The van der Waals surface area contributed by atoms with Crippen molar-refractivity contribution >= 4 is 11.9 Å². The van der Waals surface area contributed by atoms with Crippen LogP contribution in [0.15, 0.2) is 97.1 Å². The average molecular weight is 583 g/mol. The van der Waals surface area contributed by atoms with E-state index in [0.29, 0.717) is 24.2 Å². The molecule has 0 bridgehead atoms. The molecule has 2 heterocycles. The smallest absolute Gasteiger partial charge is 0.337 e. The first-order valence-corrected chi connectivity index (χ1v) is 14.0. The van der Waals surface area contributed by atoms with Gasteiger partial charge in [0.1, 0.15) is 11.4 Å². The van der Waals surface area contributed by atoms with Crippen molar-refractivity contribution < 1.29 is 19.1 Å². The highest BCUT2D eigenvalue weighted by Gasteiger charge is 2.30. The molecule has 0 aliphatic heterocycles. The number of carbonyl (C=O) groups excluding carboxylic acids is 2. The fourth-order valence-corrected chi connectivity index (χ4v) is 5.61. The first-order valence-electron chi connectivity index (χ1n) is 14.0. The second kappa shape index (κ2) is 11.1. The zero-order valence-electron chi connectivity index (χ0n) is 24.0. The lowest BCUT2D eigenvalue weighted by Gasteiger charge is -2.19. The standard InChI is InChI=1S/C34H26N6O4/c1-43-33(41)23-15-11-21(12-16-23)19-39-31-27-9-5-3-7-25(27)30-32(28-10-6-4-8-26(28)29(31)35-37-39)40(38-36-30)20-22-13-17-24(18-14-22)34(42)44-2/h3-18H,19-20H2,1-2H3. The van der Waals surface area contributed by atoms with Crippen molar-refractivity contribution in [3.63, 3.8) is 0 Å². The molecule has 0 unspecified atom stereocenters. The van der Waals surface area contributed by atoms with Crippen molar-refractivity contribution in [3.8, 4) is 45.0 Å². The zero-order valence-corrected chi connectivity index (χ0v) is 24.0. The van der Waals surface area contributed by atoms with Gasteiger partial charge in [-0.25, -0.2) is 19.0 Å². The van der Waals surface area contributed by atoms with Gasteiger partial charge in [0.25, 0.3) is 0 Å². The molecular formula is C34H26N6O4. The van der Waals surface area contributed by atoms with Crippen LogP contribution in [0.1, 0.15) is 31.8 Å². The molecule has 0 saturated heterocycles. The monoisotopic (exact) mass is 582 g/mol.